The number of aliphatic hydroxyl groups is 1. The van der Waals surface area contributed by atoms with Crippen molar-refractivity contribution in [1.82, 2.24) is 0 Å². The van der Waals surface area contributed by atoms with Gasteiger partial charge in [-0.1, -0.05) is 6.92 Å². The molecule has 0 aromatic rings. The first-order valence-electron chi connectivity index (χ1n) is 4.89. The van der Waals surface area contributed by atoms with Crippen molar-refractivity contribution >= 4 is 19.6 Å². The van der Waals surface area contributed by atoms with Crippen LogP contribution >= 0.6 is 11.8 Å². The van der Waals surface area contributed by atoms with Crippen LogP contribution in [0.1, 0.15) is 6.92 Å². The minimum atomic E-state index is -0.425. The van der Waals surface area contributed by atoms with Crippen molar-refractivity contribution < 1.29 is 14.6 Å². The molecule has 6 atom stereocenters. The summed E-state index contributed by atoms with van der Waals surface area (Å²) in [6.07, 6.45) is 0. The van der Waals surface area contributed by atoms with Gasteiger partial charge in [0.05, 0.1) is 6.61 Å². The third-order valence-corrected chi connectivity index (χ3v) is 6.15. The second kappa shape index (κ2) is 2.51. The summed E-state index contributed by atoms with van der Waals surface area (Å²) in [4.78, 5) is -0.137. The monoisotopic (exact) mass is 212 g/mol. The molecule has 0 aromatic heterocycles. The van der Waals surface area contributed by atoms with E-state index >= 15 is 0 Å². The molecule has 2 saturated heterocycles. The fourth-order valence-electron chi connectivity index (χ4n) is 3.39. The lowest BCUT2D eigenvalue weighted by atomic mass is 9.57. The topological polar surface area (TPSA) is 38.7 Å². The fourth-order valence-corrected chi connectivity index (χ4v) is 5.34. The van der Waals surface area contributed by atoms with Crippen LogP contribution in [0, 0.1) is 11.8 Å². The van der Waals surface area contributed by atoms with Gasteiger partial charge in [0.25, 0.3) is 0 Å². The van der Waals surface area contributed by atoms with Gasteiger partial charge < -0.3 is 14.6 Å². The van der Waals surface area contributed by atoms with E-state index in [0.29, 0.717) is 5.25 Å². The molecule has 1 aliphatic carbocycles. The van der Waals surface area contributed by atoms with Crippen molar-refractivity contribution in [2.75, 3.05) is 13.7 Å². The highest BCUT2D eigenvalue weighted by molar-refractivity contribution is 8.02. The first-order valence-corrected chi connectivity index (χ1v) is 5.77. The molecule has 2 radical (unpaired) electrons. The van der Waals surface area contributed by atoms with E-state index in [1.165, 1.54) is 0 Å². The second-order valence-corrected chi connectivity index (χ2v) is 5.82. The van der Waals surface area contributed by atoms with Crippen LogP contribution in [0.5, 0.6) is 0 Å². The van der Waals surface area contributed by atoms with Gasteiger partial charge in [-0.3, -0.25) is 0 Å². The largest absolute Gasteiger partial charge is 0.393 e. The van der Waals surface area contributed by atoms with E-state index in [-0.39, 0.29) is 29.4 Å². The first kappa shape index (κ1) is 9.52. The Hall–Kier alpha value is 0.295. The molecule has 1 saturated carbocycles. The van der Waals surface area contributed by atoms with E-state index in [4.69, 9.17) is 17.3 Å². The van der Waals surface area contributed by atoms with Crippen molar-refractivity contribution in [3.63, 3.8) is 0 Å². The quantitative estimate of drug-likeness (QED) is 0.652. The third kappa shape index (κ3) is 0.672. The van der Waals surface area contributed by atoms with E-state index in [9.17, 15) is 5.11 Å². The Kier molecular flexibility index (Phi) is 1.71. The molecule has 5 heteroatoms. The lowest BCUT2D eigenvalue weighted by Gasteiger charge is -2.69. The first-order chi connectivity index (χ1) is 6.62. The minimum absolute atomic E-state index is 0.0503. The average molecular weight is 212 g/mol. The Balaban J connectivity index is 1.97. The van der Waals surface area contributed by atoms with Gasteiger partial charge in [0.15, 0.2) is 0 Å². The molecule has 0 aromatic carbocycles. The Morgan fingerprint density at radius 3 is 2.93 bits per heavy atom. The summed E-state index contributed by atoms with van der Waals surface area (Å²) in [5.41, 5.74) is -0.425. The smallest absolute Gasteiger partial charge is 0.125 e. The van der Waals surface area contributed by atoms with Gasteiger partial charge in [0.2, 0.25) is 0 Å². The van der Waals surface area contributed by atoms with Crippen LogP contribution < -0.4 is 0 Å². The van der Waals surface area contributed by atoms with Gasteiger partial charge in [-0.15, -0.1) is 11.8 Å². The molecule has 0 bridgehead atoms. The zero-order valence-corrected chi connectivity index (χ0v) is 9.08. The molecule has 14 heavy (non-hydrogen) atoms. The van der Waals surface area contributed by atoms with E-state index in [1.807, 2.05) is 0 Å². The minimum Gasteiger partial charge on any atom is -0.393 e. The van der Waals surface area contributed by atoms with E-state index < -0.39 is 5.60 Å². The third-order valence-electron chi connectivity index (χ3n) is 4.19. The number of rotatable bonds is 2. The highest BCUT2D eigenvalue weighted by Crippen LogP contribution is 2.76. The molecule has 4 unspecified atom stereocenters. The zero-order chi connectivity index (χ0) is 10.1. The normalized spacial score (nSPS) is 64.2. The van der Waals surface area contributed by atoms with Gasteiger partial charge in [-0.05, 0) is 0 Å². The van der Waals surface area contributed by atoms with Crippen LogP contribution in [0.25, 0.3) is 0 Å². The van der Waals surface area contributed by atoms with Gasteiger partial charge in [0, 0.05) is 30.2 Å². The van der Waals surface area contributed by atoms with Crippen LogP contribution in [0.2, 0.25) is 0 Å². The summed E-state index contributed by atoms with van der Waals surface area (Å²) in [6, 6.07) is -0.245. The van der Waals surface area contributed by atoms with Crippen molar-refractivity contribution in [2.24, 2.45) is 11.8 Å². The second-order valence-electron chi connectivity index (χ2n) is 4.40. The average Bonchev–Trinajstić information content (AvgIpc) is 2.29. The maximum atomic E-state index is 9.44. The molecule has 3 aliphatic rings. The molecular weight excluding hydrogens is 199 g/mol. The summed E-state index contributed by atoms with van der Waals surface area (Å²) >= 11 is 1.76. The molecule has 2 aliphatic heterocycles. The molecule has 1 N–H and O–H groups in total. The van der Waals surface area contributed by atoms with Crippen molar-refractivity contribution in [1.29, 1.82) is 0 Å². The number of hydrogen-bond donors (Lipinski definition) is 1. The number of ether oxygens (including phenoxy) is 2. The van der Waals surface area contributed by atoms with Gasteiger partial charge in [0.1, 0.15) is 18.4 Å². The molecule has 0 amide bonds. The van der Waals surface area contributed by atoms with Crippen LogP contribution in [-0.2, 0) is 9.47 Å². The number of thioether (sulfide) groups is 1. The Labute approximate surface area is 88.9 Å². The van der Waals surface area contributed by atoms with Crippen LogP contribution in [0.15, 0.2) is 0 Å². The SMILES string of the molecule is [B][C@@H]1O[C@@]2(CO)C(C)C3(OC)SC1C32. The summed E-state index contributed by atoms with van der Waals surface area (Å²) in [6.45, 7) is 2.12. The summed E-state index contributed by atoms with van der Waals surface area (Å²) in [7, 11) is 7.59. The summed E-state index contributed by atoms with van der Waals surface area (Å²) in [5.74, 6) is 0.491. The number of methoxy groups -OCH3 is 1. The highest BCUT2D eigenvalue weighted by atomic mass is 32.2. The molecule has 3 fully saturated rings. The van der Waals surface area contributed by atoms with Gasteiger partial charge in [-0.25, -0.2) is 0 Å². The maximum absolute atomic E-state index is 9.44. The van der Waals surface area contributed by atoms with Crippen molar-refractivity contribution in [3.05, 3.63) is 0 Å². The van der Waals surface area contributed by atoms with Crippen molar-refractivity contribution in [2.45, 2.75) is 28.7 Å². The molecule has 3 rings (SSSR count). The maximum Gasteiger partial charge on any atom is 0.125 e. The Morgan fingerprint density at radius 2 is 2.36 bits per heavy atom. The zero-order valence-electron chi connectivity index (χ0n) is 8.27. The highest BCUT2D eigenvalue weighted by Gasteiger charge is 2.83. The molecular formula is C9H13BO3S. The molecule has 2 heterocycles. The lowest BCUT2D eigenvalue weighted by Crippen LogP contribution is -2.79. The predicted octanol–water partition coefficient (Wildman–Crippen LogP) is -0.0337. The predicted molar refractivity (Wildman–Crippen MR) is 54.2 cm³/mol. The van der Waals surface area contributed by atoms with Crippen LogP contribution in [-0.4, -0.2) is 48.5 Å². The lowest BCUT2D eigenvalue weighted by molar-refractivity contribution is -0.254. The fraction of sp³-hybridized carbons (Fsp3) is 1.00. The molecule has 0 spiro atoms. The number of hydrogen-bond acceptors (Lipinski definition) is 4. The molecule has 3 nitrogen and oxygen atoms in total. The molecule has 76 valence electrons. The standard InChI is InChI=1S/C9H13BO3S/c1-4-8(3-11)6-5(7(10)13-8)14-9(4,6)12-2/h4-7,11H,3H2,1-2H3/t4?,5?,6?,7-,8+,9?/m1/s1. The van der Waals surface area contributed by atoms with Crippen molar-refractivity contribution in [3.8, 4) is 0 Å². The van der Waals surface area contributed by atoms with E-state index in [2.05, 4.69) is 6.92 Å². The van der Waals surface area contributed by atoms with Crippen LogP contribution in [0.3, 0.4) is 0 Å². The van der Waals surface area contributed by atoms with Gasteiger partial charge in [-0.2, -0.15) is 0 Å². The Bertz CT molecular complexity index is 289. The van der Waals surface area contributed by atoms with E-state index in [1.54, 1.807) is 18.9 Å². The van der Waals surface area contributed by atoms with Crippen LogP contribution in [0.4, 0.5) is 0 Å². The number of aliphatic hydroxyl groups excluding tert-OH is 1. The Morgan fingerprint density at radius 1 is 1.64 bits per heavy atom. The van der Waals surface area contributed by atoms with E-state index in [0.717, 1.165) is 0 Å². The summed E-state index contributed by atoms with van der Waals surface area (Å²) < 4.78 is 11.3. The van der Waals surface area contributed by atoms with Gasteiger partial charge >= 0.3 is 0 Å². The summed E-state index contributed by atoms with van der Waals surface area (Å²) in [5, 5.41) is 9.74.